The molecule has 1 aromatic heterocycles. The Kier molecular flexibility index (Phi) is 12.2. The van der Waals surface area contributed by atoms with Gasteiger partial charge < -0.3 is 19.7 Å². The van der Waals surface area contributed by atoms with Gasteiger partial charge in [0.15, 0.2) is 0 Å². The summed E-state index contributed by atoms with van der Waals surface area (Å²) in [5, 5.41) is 18.3. The Labute approximate surface area is 201 Å². The average Bonchev–Trinajstić information content (AvgIpc) is 2.82. The van der Waals surface area contributed by atoms with Gasteiger partial charge in [0.1, 0.15) is 22.8 Å². The van der Waals surface area contributed by atoms with Crippen molar-refractivity contribution in [2.24, 2.45) is 0 Å². The molecule has 7 nitrogen and oxygen atoms in total. The molecular weight excluding hydrogens is 434 g/mol. The van der Waals surface area contributed by atoms with Gasteiger partial charge in [-0.1, -0.05) is 64.0 Å². The van der Waals surface area contributed by atoms with Crippen molar-refractivity contribution in [3.8, 4) is 11.5 Å². The fourth-order valence-electron chi connectivity index (χ4n) is 3.49. The summed E-state index contributed by atoms with van der Waals surface area (Å²) in [5.41, 5.74) is 1.24. The number of para-hydroxylation sites is 1. The smallest absolute Gasteiger partial charge is 0.339 e. The number of hydrogen-bond donors (Lipinski definition) is 2. The molecular formula is C27H35NO6. The second-order valence-corrected chi connectivity index (χ2v) is 8.08. The number of hydrogen-bond acceptors (Lipinski definition) is 5. The molecule has 7 heteroatoms. The normalized spacial score (nSPS) is 11.0. The van der Waals surface area contributed by atoms with Gasteiger partial charge in [-0.15, -0.1) is 0 Å². The zero-order chi connectivity index (χ0) is 24.6. The molecule has 0 unspecified atom stereocenters. The molecule has 34 heavy (non-hydrogen) atoms. The van der Waals surface area contributed by atoms with Crippen LogP contribution in [-0.2, 0) is 11.2 Å². The van der Waals surface area contributed by atoms with Crippen LogP contribution in [-0.4, -0.2) is 40.3 Å². The Hall–Kier alpha value is -3.35. The van der Waals surface area contributed by atoms with Crippen LogP contribution in [0.25, 0.3) is 6.08 Å². The van der Waals surface area contributed by atoms with E-state index in [0.717, 1.165) is 18.9 Å². The van der Waals surface area contributed by atoms with Crippen molar-refractivity contribution in [1.82, 2.24) is 4.98 Å². The number of aromatic nitrogens is 1. The Morgan fingerprint density at radius 3 is 2.24 bits per heavy atom. The summed E-state index contributed by atoms with van der Waals surface area (Å²) in [6.07, 6.45) is 12.5. The van der Waals surface area contributed by atoms with Crippen molar-refractivity contribution in [2.75, 3.05) is 13.2 Å². The molecule has 2 rings (SSSR count). The highest BCUT2D eigenvalue weighted by atomic mass is 16.5. The number of carboxylic acid groups (broad SMARTS) is 2. The first kappa shape index (κ1) is 26.9. The Balaban J connectivity index is 1.89. The van der Waals surface area contributed by atoms with Crippen LogP contribution in [0.2, 0.25) is 0 Å². The van der Waals surface area contributed by atoms with Crippen LogP contribution in [0, 0.1) is 0 Å². The fraction of sp³-hybridized carbons (Fsp3) is 0.444. The highest BCUT2D eigenvalue weighted by molar-refractivity contribution is 5.90. The fourth-order valence-corrected chi connectivity index (χ4v) is 3.49. The van der Waals surface area contributed by atoms with E-state index in [1.165, 1.54) is 50.7 Å². The van der Waals surface area contributed by atoms with E-state index in [4.69, 9.17) is 14.6 Å². The number of rotatable bonds is 17. The van der Waals surface area contributed by atoms with E-state index in [1.54, 1.807) is 24.3 Å². The van der Waals surface area contributed by atoms with Crippen molar-refractivity contribution in [3.05, 3.63) is 59.4 Å². The van der Waals surface area contributed by atoms with Gasteiger partial charge in [0.05, 0.1) is 13.2 Å². The van der Waals surface area contributed by atoms with Gasteiger partial charge in [-0.3, -0.25) is 0 Å². The summed E-state index contributed by atoms with van der Waals surface area (Å²) in [7, 11) is 0. The molecule has 1 heterocycles. The predicted octanol–water partition coefficient (Wildman–Crippen LogP) is 6.02. The van der Waals surface area contributed by atoms with Gasteiger partial charge >= 0.3 is 11.9 Å². The maximum Gasteiger partial charge on any atom is 0.339 e. The molecule has 0 bridgehead atoms. The molecule has 0 saturated heterocycles. The molecule has 0 aliphatic rings. The molecule has 0 radical (unpaired) electrons. The summed E-state index contributed by atoms with van der Waals surface area (Å²) in [6.45, 7) is 3.00. The van der Waals surface area contributed by atoms with E-state index in [9.17, 15) is 14.7 Å². The number of carboxylic acids is 2. The van der Waals surface area contributed by atoms with E-state index in [0.29, 0.717) is 35.9 Å². The van der Waals surface area contributed by atoms with Crippen molar-refractivity contribution < 1.29 is 29.3 Å². The Bertz CT molecular complexity index is 940. The summed E-state index contributed by atoms with van der Waals surface area (Å²) in [6, 6.07) is 10.1. The number of aromatic carboxylic acids is 1. The lowest BCUT2D eigenvalue weighted by Crippen LogP contribution is -2.08. The van der Waals surface area contributed by atoms with E-state index < -0.39 is 11.9 Å². The molecule has 0 spiro atoms. The maximum absolute atomic E-state index is 11.3. The number of pyridine rings is 1. The minimum absolute atomic E-state index is 0.102. The first-order valence-corrected chi connectivity index (χ1v) is 12.0. The topological polar surface area (TPSA) is 106 Å². The molecule has 0 saturated carbocycles. The largest absolute Gasteiger partial charge is 0.492 e. The molecule has 184 valence electrons. The van der Waals surface area contributed by atoms with Crippen molar-refractivity contribution >= 4 is 18.0 Å². The van der Waals surface area contributed by atoms with Crippen LogP contribution in [0.4, 0.5) is 0 Å². The van der Waals surface area contributed by atoms with E-state index in [2.05, 4.69) is 11.9 Å². The molecule has 1 aromatic carbocycles. The third kappa shape index (κ3) is 10.1. The maximum atomic E-state index is 11.3. The quantitative estimate of drug-likeness (QED) is 0.216. The summed E-state index contributed by atoms with van der Waals surface area (Å²) >= 11 is 0. The second kappa shape index (κ2) is 15.5. The van der Waals surface area contributed by atoms with Crippen molar-refractivity contribution in [2.45, 2.75) is 64.7 Å². The summed E-state index contributed by atoms with van der Waals surface area (Å²) in [4.78, 5) is 26.8. The number of carbonyl (C=O) groups is 2. The number of unbranched alkanes of at least 4 members (excludes halogenated alkanes) is 7. The standard InChI is InChI=1S/C27H35NO6/c1-2-3-4-5-6-7-8-11-19-33-25-16-14-21(28-23(25)15-17-26(29)30)18-20-34-24-13-10-9-12-22(24)27(31)32/h9-10,12-17H,2-8,11,18-20H2,1H3,(H,29,30)(H,31,32). The molecule has 2 aromatic rings. The number of aliphatic carboxylic acids is 1. The zero-order valence-corrected chi connectivity index (χ0v) is 19.9. The van der Waals surface area contributed by atoms with E-state index >= 15 is 0 Å². The molecule has 0 fully saturated rings. The van der Waals surface area contributed by atoms with Crippen molar-refractivity contribution in [1.29, 1.82) is 0 Å². The predicted molar refractivity (Wildman–Crippen MR) is 132 cm³/mol. The summed E-state index contributed by atoms with van der Waals surface area (Å²) in [5.74, 6) is -1.27. The second-order valence-electron chi connectivity index (χ2n) is 8.08. The summed E-state index contributed by atoms with van der Waals surface area (Å²) < 4.78 is 11.5. The van der Waals surface area contributed by atoms with E-state index in [-0.39, 0.29) is 12.2 Å². The van der Waals surface area contributed by atoms with Gasteiger partial charge in [-0.25, -0.2) is 14.6 Å². The van der Waals surface area contributed by atoms with E-state index in [1.807, 2.05) is 6.07 Å². The Morgan fingerprint density at radius 2 is 1.53 bits per heavy atom. The highest BCUT2D eigenvalue weighted by Crippen LogP contribution is 2.21. The number of nitrogens with zero attached hydrogens (tertiary/aromatic N) is 1. The molecule has 2 N–H and O–H groups in total. The minimum Gasteiger partial charge on any atom is -0.492 e. The minimum atomic E-state index is -1.06. The molecule has 0 aliphatic heterocycles. The van der Waals surface area contributed by atoms with Crippen LogP contribution >= 0.6 is 0 Å². The van der Waals surface area contributed by atoms with Gasteiger partial charge in [-0.05, 0) is 36.8 Å². The molecule has 0 amide bonds. The van der Waals surface area contributed by atoms with Crippen LogP contribution in [0.3, 0.4) is 0 Å². The number of benzene rings is 1. The van der Waals surface area contributed by atoms with Gasteiger partial charge in [0, 0.05) is 18.2 Å². The van der Waals surface area contributed by atoms with Crippen LogP contribution < -0.4 is 9.47 Å². The average molecular weight is 470 g/mol. The first-order valence-electron chi connectivity index (χ1n) is 12.0. The zero-order valence-electron chi connectivity index (χ0n) is 19.9. The van der Waals surface area contributed by atoms with Crippen LogP contribution in [0.5, 0.6) is 11.5 Å². The van der Waals surface area contributed by atoms with Gasteiger partial charge in [0.25, 0.3) is 0 Å². The molecule has 0 aliphatic carbocycles. The monoisotopic (exact) mass is 469 g/mol. The first-order chi connectivity index (χ1) is 16.5. The lowest BCUT2D eigenvalue weighted by atomic mass is 10.1. The number of ether oxygens (including phenoxy) is 2. The highest BCUT2D eigenvalue weighted by Gasteiger charge is 2.11. The third-order valence-corrected chi connectivity index (χ3v) is 5.32. The SMILES string of the molecule is CCCCCCCCCCOc1ccc(CCOc2ccccc2C(=O)O)nc1C=CC(=O)O. The lowest BCUT2D eigenvalue weighted by molar-refractivity contribution is -0.131. The lowest BCUT2D eigenvalue weighted by Gasteiger charge is -2.12. The molecule has 0 atom stereocenters. The van der Waals surface area contributed by atoms with Gasteiger partial charge in [0.2, 0.25) is 0 Å². The van der Waals surface area contributed by atoms with Crippen LogP contribution in [0.1, 0.15) is 80.0 Å². The Morgan fingerprint density at radius 1 is 0.853 bits per heavy atom. The van der Waals surface area contributed by atoms with Gasteiger partial charge in [-0.2, -0.15) is 0 Å². The van der Waals surface area contributed by atoms with Crippen LogP contribution in [0.15, 0.2) is 42.5 Å². The van der Waals surface area contributed by atoms with Crippen molar-refractivity contribution in [3.63, 3.8) is 0 Å². The third-order valence-electron chi connectivity index (χ3n) is 5.32.